The van der Waals surface area contributed by atoms with E-state index in [1.807, 2.05) is 0 Å². The van der Waals surface area contributed by atoms with Crippen LogP contribution in [0.3, 0.4) is 0 Å². The van der Waals surface area contributed by atoms with Crippen LogP contribution in [-0.4, -0.2) is 41.1 Å². The van der Waals surface area contributed by atoms with Gasteiger partial charge in [-0.25, -0.2) is 0 Å². The number of rotatable bonds is 7. The molecule has 0 aromatic carbocycles. The Kier molecular flexibility index (Phi) is 6.02. The number of nitrogens with zero attached hydrogens (tertiary/aromatic N) is 1. The molecule has 1 heterocycles. The summed E-state index contributed by atoms with van der Waals surface area (Å²) in [6.45, 7) is 10.4. The highest BCUT2D eigenvalue weighted by Crippen LogP contribution is 2.33. The molecule has 1 atom stereocenters. The van der Waals surface area contributed by atoms with Crippen LogP contribution in [-0.2, 0) is 4.79 Å². The molecule has 0 aromatic rings. The van der Waals surface area contributed by atoms with E-state index in [-0.39, 0.29) is 11.3 Å². The van der Waals surface area contributed by atoms with Gasteiger partial charge in [0.2, 0.25) is 5.91 Å². The molecule has 0 spiro atoms. The molecule has 3 N–H and O–H groups in total. The maximum atomic E-state index is 12.1. The Hall–Kier alpha value is -0.610. The van der Waals surface area contributed by atoms with Crippen molar-refractivity contribution < 1.29 is 9.90 Å². The second-order valence-electron chi connectivity index (χ2n) is 7.40. The molecule has 0 aliphatic carbocycles. The molecule has 1 amide bonds. The zero-order valence-electron chi connectivity index (χ0n) is 13.6. The molecule has 1 rings (SSSR count). The van der Waals surface area contributed by atoms with Gasteiger partial charge < -0.3 is 15.7 Å². The molecule has 1 unspecified atom stereocenters. The van der Waals surface area contributed by atoms with Crippen molar-refractivity contribution in [2.45, 2.75) is 65.4 Å². The van der Waals surface area contributed by atoms with E-state index >= 15 is 0 Å². The second-order valence-corrected chi connectivity index (χ2v) is 7.40. The topological polar surface area (TPSA) is 66.6 Å². The summed E-state index contributed by atoms with van der Waals surface area (Å²) in [7, 11) is 0. The van der Waals surface area contributed by atoms with Gasteiger partial charge in [-0.3, -0.25) is 4.79 Å². The van der Waals surface area contributed by atoms with Crippen molar-refractivity contribution in [1.82, 2.24) is 4.90 Å². The van der Waals surface area contributed by atoms with E-state index < -0.39 is 5.60 Å². The highest BCUT2D eigenvalue weighted by Gasteiger charge is 2.42. The average molecular weight is 284 g/mol. The fourth-order valence-corrected chi connectivity index (χ4v) is 3.13. The molecule has 20 heavy (non-hydrogen) atoms. The highest BCUT2D eigenvalue weighted by molar-refractivity contribution is 5.77. The van der Waals surface area contributed by atoms with Crippen LogP contribution < -0.4 is 5.73 Å². The summed E-state index contributed by atoms with van der Waals surface area (Å²) in [6.07, 6.45) is 4.18. The van der Waals surface area contributed by atoms with Crippen molar-refractivity contribution in [1.29, 1.82) is 0 Å². The third-order valence-corrected chi connectivity index (χ3v) is 4.48. The lowest BCUT2D eigenvalue weighted by atomic mass is 9.76. The lowest BCUT2D eigenvalue weighted by Crippen LogP contribution is -2.63. The maximum absolute atomic E-state index is 12.1. The fraction of sp³-hybridized carbons (Fsp3) is 0.938. The van der Waals surface area contributed by atoms with E-state index in [1.54, 1.807) is 4.90 Å². The average Bonchev–Trinajstić information content (AvgIpc) is 2.29. The first-order valence-corrected chi connectivity index (χ1v) is 7.92. The highest BCUT2D eigenvalue weighted by atomic mass is 16.3. The van der Waals surface area contributed by atoms with E-state index in [1.165, 1.54) is 0 Å². The van der Waals surface area contributed by atoms with Crippen LogP contribution in [0.5, 0.6) is 0 Å². The number of likely N-dealkylation sites (tertiary alicyclic amines) is 1. The van der Waals surface area contributed by atoms with Gasteiger partial charge in [-0.05, 0) is 37.1 Å². The van der Waals surface area contributed by atoms with E-state index in [9.17, 15) is 9.90 Å². The number of aliphatic hydroxyl groups is 1. The van der Waals surface area contributed by atoms with E-state index in [2.05, 4.69) is 27.7 Å². The first-order chi connectivity index (χ1) is 9.22. The van der Waals surface area contributed by atoms with Gasteiger partial charge in [0.25, 0.3) is 0 Å². The Morgan fingerprint density at radius 2 is 1.95 bits per heavy atom. The van der Waals surface area contributed by atoms with Crippen molar-refractivity contribution >= 4 is 5.91 Å². The van der Waals surface area contributed by atoms with Crippen LogP contribution in [0.25, 0.3) is 0 Å². The molecular weight excluding hydrogens is 252 g/mol. The third kappa shape index (κ3) is 4.74. The minimum Gasteiger partial charge on any atom is -0.386 e. The van der Waals surface area contributed by atoms with E-state index in [0.29, 0.717) is 32.0 Å². The summed E-state index contributed by atoms with van der Waals surface area (Å²) in [5, 5.41) is 10.1. The van der Waals surface area contributed by atoms with Crippen LogP contribution in [0.15, 0.2) is 0 Å². The molecule has 0 aromatic heterocycles. The molecule has 4 nitrogen and oxygen atoms in total. The van der Waals surface area contributed by atoms with Crippen LogP contribution in [0, 0.1) is 11.3 Å². The minimum atomic E-state index is -0.620. The van der Waals surface area contributed by atoms with Gasteiger partial charge in [0.05, 0.1) is 18.7 Å². The molecule has 0 radical (unpaired) electrons. The number of amides is 1. The molecule has 1 aliphatic heterocycles. The van der Waals surface area contributed by atoms with Gasteiger partial charge in [-0.2, -0.15) is 0 Å². The number of nitrogens with two attached hydrogens (primary N) is 1. The van der Waals surface area contributed by atoms with Gasteiger partial charge in [0.15, 0.2) is 0 Å². The minimum absolute atomic E-state index is 0.178. The van der Waals surface area contributed by atoms with Crippen molar-refractivity contribution in [2.24, 2.45) is 17.1 Å². The molecule has 118 valence electrons. The largest absolute Gasteiger partial charge is 0.386 e. The lowest BCUT2D eigenvalue weighted by molar-refractivity contribution is -0.157. The predicted molar refractivity (Wildman–Crippen MR) is 82.3 cm³/mol. The summed E-state index contributed by atoms with van der Waals surface area (Å²) in [5.74, 6) is 0.657. The zero-order valence-corrected chi connectivity index (χ0v) is 13.6. The van der Waals surface area contributed by atoms with Gasteiger partial charge in [0, 0.05) is 6.42 Å². The number of hydrogen-bond donors (Lipinski definition) is 2. The Morgan fingerprint density at radius 3 is 2.40 bits per heavy atom. The first-order valence-electron chi connectivity index (χ1n) is 7.92. The van der Waals surface area contributed by atoms with Crippen molar-refractivity contribution in [3.63, 3.8) is 0 Å². The summed E-state index contributed by atoms with van der Waals surface area (Å²) in [5.41, 5.74) is 5.24. The zero-order chi connectivity index (χ0) is 15.4. The number of carbonyl (C=O) groups excluding carboxylic acids is 1. The van der Waals surface area contributed by atoms with Gasteiger partial charge in [-0.15, -0.1) is 0 Å². The molecule has 0 bridgehead atoms. The third-order valence-electron chi connectivity index (χ3n) is 4.48. The Balaban J connectivity index is 2.37. The van der Waals surface area contributed by atoms with Gasteiger partial charge in [-0.1, -0.05) is 34.1 Å². The van der Waals surface area contributed by atoms with Crippen molar-refractivity contribution in [3.05, 3.63) is 0 Å². The van der Waals surface area contributed by atoms with Gasteiger partial charge >= 0.3 is 0 Å². The number of β-amino-alcohol motifs (C(OH)–C–C–N with tert-alkyl or cyclic N) is 1. The van der Waals surface area contributed by atoms with Crippen LogP contribution in [0.2, 0.25) is 0 Å². The van der Waals surface area contributed by atoms with E-state index in [0.717, 1.165) is 25.7 Å². The first kappa shape index (κ1) is 17.4. The lowest BCUT2D eigenvalue weighted by Gasteiger charge is -2.46. The smallest absolute Gasteiger partial charge is 0.222 e. The summed E-state index contributed by atoms with van der Waals surface area (Å²) >= 11 is 0. The summed E-state index contributed by atoms with van der Waals surface area (Å²) in [4.78, 5) is 13.9. The van der Waals surface area contributed by atoms with E-state index in [4.69, 9.17) is 5.73 Å². The summed E-state index contributed by atoms with van der Waals surface area (Å²) in [6, 6.07) is 0. The Labute approximate surface area is 123 Å². The normalized spacial score (nSPS) is 19.6. The molecule has 1 saturated heterocycles. The Morgan fingerprint density at radius 1 is 1.35 bits per heavy atom. The molecule has 0 saturated carbocycles. The Bertz CT molecular complexity index is 317. The predicted octanol–water partition coefficient (Wildman–Crippen LogP) is 2.15. The molecule has 1 aliphatic rings. The van der Waals surface area contributed by atoms with Crippen molar-refractivity contribution in [3.8, 4) is 0 Å². The second kappa shape index (κ2) is 6.90. The van der Waals surface area contributed by atoms with Crippen LogP contribution >= 0.6 is 0 Å². The standard InChI is InChI=1S/C16H32N2O2/c1-5-9-16(20)11-18(12-16)14(19)7-6-13(8-10-17)15(2,3)4/h13,20H,5-12,17H2,1-4H3. The monoisotopic (exact) mass is 284 g/mol. The number of hydrogen-bond acceptors (Lipinski definition) is 3. The van der Waals surface area contributed by atoms with Gasteiger partial charge in [0.1, 0.15) is 0 Å². The molecule has 1 fully saturated rings. The quantitative estimate of drug-likeness (QED) is 0.753. The van der Waals surface area contributed by atoms with Crippen LogP contribution in [0.1, 0.15) is 59.8 Å². The van der Waals surface area contributed by atoms with Crippen molar-refractivity contribution in [2.75, 3.05) is 19.6 Å². The fourth-order valence-electron chi connectivity index (χ4n) is 3.13. The molecule has 4 heteroatoms. The summed E-state index contributed by atoms with van der Waals surface area (Å²) < 4.78 is 0. The SMILES string of the molecule is CCCC1(O)CN(C(=O)CCC(CCN)C(C)(C)C)C1. The van der Waals surface area contributed by atoms with Crippen LogP contribution in [0.4, 0.5) is 0 Å². The molecular formula is C16H32N2O2. The number of carbonyl (C=O) groups is 1. The maximum Gasteiger partial charge on any atom is 0.222 e.